The zero-order chi connectivity index (χ0) is 13.7. The molecule has 104 valence electrons. The molecule has 0 spiro atoms. The van der Waals surface area contributed by atoms with E-state index in [0.29, 0.717) is 38.2 Å². The Hall–Kier alpha value is -1.78. The maximum Gasteiger partial charge on any atom is 0.257 e. The number of carbonyl (C=O) groups is 2. The third-order valence-corrected chi connectivity index (χ3v) is 3.43. The highest BCUT2D eigenvalue weighted by Crippen LogP contribution is 2.10. The van der Waals surface area contributed by atoms with E-state index in [1.165, 1.54) is 12.5 Å². The van der Waals surface area contributed by atoms with Crippen LogP contribution in [0.5, 0.6) is 0 Å². The predicted octanol–water partition coefficient (Wildman–Crippen LogP) is 1.75. The van der Waals surface area contributed by atoms with Crippen LogP contribution in [0, 0.1) is 0 Å². The van der Waals surface area contributed by atoms with Crippen LogP contribution in [0.1, 0.15) is 36.5 Å². The fourth-order valence-corrected chi connectivity index (χ4v) is 2.21. The van der Waals surface area contributed by atoms with Gasteiger partial charge in [0.1, 0.15) is 6.26 Å². The van der Waals surface area contributed by atoms with Crippen LogP contribution in [-0.2, 0) is 4.79 Å². The highest BCUT2D eigenvalue weighted by Gasteiger charge is 2.24. The Morgan fingerprint density at radius 1 is 1.21 bits per heavy atom. The van der Waals surface area contributed by atoms with E-state index in [0.717, 1.165) is 12.8 Å². The van der Waals surface area contributed by atoms with Crippen LogP contribution in [0.2, 0.25) is 0 Å². The minimum atomic E-state index is -0.0191. The number of hydrogen-bond acceptors (Lipinski definition) is 3. The van der Waals surface area contributed by atoms with Crippen LogP contribution >= 0.6 is 0 Å². The van der Waals surface area contributed by atoms with Crippen LogP contribution in [0.3, 0.4) is 0 Å². The Labute approximate surface area is 113 Å². The molecule has 2 rings (SSSR count). The van der Waals surface area contributed by atoms with Gasteiger partial charge in [-0.2, -0.15) is 0 Å². The van der Waals surface area contributed by atoms with Crippen LogP contribution < -0.4 is 0 Å². The van der Waals surface area contributed by atoms with Gasteiger partial charge in [-0.1, -0.05) is 13.3 Å². The quantitative estimate of drug-likeness (QED) is 0.832. The molecule has 0 N–H and O–H groups in total. The summed E-state index contributed by atoms with van der Waals surface area (Å²) in [6, 6.07) is 1.67. The Balaban J connectivity index is 1.82. The van der Waals surface area contributed by atoms with Crippen molar-refractivity contribution in [2.24, 2.45) is 0 Å². The zero-order valence-corrected chi connectivity index (χ0v) is 11.3. The smallest absolute Gasteiger partial charge is 0.257 e. The molecule has 1 aliphatic rings. The maximum absolute atomic E-state index is 12.1. The van der Waals surface area contributed by atoms with Gasteiger partial charge in [0.15, 0.2) is 0 Å². The summed E-state index contributed by atoms with van der Waals surface area (Å²) < 4.78 is 4.92. The van der Waals surface area contributed by atoms with Crippen molar-refractivity contribution in [3.05, 3.63) is 24.2 Å². The molecule has 2 heterocycles. The Morgan fingerprint density at radius 2 is 1.89 bits per heavy atom. The topological polar surface area (TPSA) is 53.8 Å². The molecule has 0 radical (unpaired) electrons. The molecule has 5 heteroatoms. The largest absolute Gasteiger partial charge is 0.472 e. The molecule has 19 heavy (non-hydrogen) atoms. The number of nitrogens with zero attached hydrogens (tertiary/aromatic N) is 2. The van der Waals surface area contributed by atoms with E-state index >= 15 is 0 Å². The maximum atomic E-state index is 12.1. The van der Waals surface area contributed by atoms with Crippen LogP contribution in [0.25, 0.3) is 0 Å². The average Bonchev–Trinajstić information content (AvgIpc) is 2.98. The summed E-state index contributed by atoms with van der Waals surface area (Å²) in [6.45, 7) is 4.54. The summed E-state index contributed by atoms with van der Waals surface area (Å²) in [7, 11) is 0. The van der Waals surface area contributed by atoms with Gasteiger partial charge in [0.2, 0.25) is 5.91 Å². The third-order valence-electron chi connectivity index (χ3n) is 3.43. The predicted molar refractivity (Wildman–Crippen MR) is 70.7 cm³/mol. The summed E-state index contributed by atoms with van der Waals surface area (Å²) in [5, 5.41) is 0. The van der Waals surface area contributed by atoms with Gasteiger partial charge in [-0.3, -0.25) is 9.59 Å². The first-order valence-corrected chi connectivity index (χ1v) is 6.81. The highest BCUT2D eigenvalue weighted by atomic mass is 16.3. The normalized spacial score (nSPS) is 15.6. The first-order valence-electron chi connectivity index (χ1n) is 6.81. The fourth-order valence-electron chi connectivity index (χ4n) is 2.21. The summed E-state index contributed by atoms with van der Waals surface area (Å²) in [5.41, 5.74) is 0.575. The van der Waals surface area contributed by atoms with Gasteiger partial charge in [0, 0.05) is 32.6 Å². The Bertz CT molecular complexity index is 420. The lowest BCUT2D eigenvalue weighted by molar-refractivity contribution is -0.132. The number of furan rings is 1. The second-order valence-electron chi connectivity index (χ2n) is 4.79. The molecular weight excluding hydrogens is 244 g/mol. The van der Waals surface area contributed by atoms with Crippen molar-refractivity contribution in [3.8, 4) is 0 Å². The van der Waals surface area contributed by atoms with E-state index in [-0.39, 0.29) is 11.8 Å². The molecule has 1 aliphatic heterocycles. The molecule has 1 saturated heterocycles. The zero-order valence-electron chi connectivity index (χ0n) is 11.3. The summed E-state index contributed by atoms with van der Waals surface area (Å²) in [6.07, 6.45) is 5.54. The molecule has 0 aliphatic carbocycles. The highest BCUT2D eigenvalue weighted by molar-refractivity contribution is 5.94. The summed E-state index contributed by atoms with van der Waals surface area (Å²) >= 11 is 0. The third kappa shape index (κ3) is 3.36. The number of amides is 2. The lowest BCUT2D eigenvalue weighted by Gasteiger charge is -2.34. The number of rotatable bonds is 4. The first-order chi connectivity index (χ1) is 9.22. The van der Waals surface area contributed by atoms with Crippen molar-refractivity contribution >= 4 is 11.8 Å². The molecule has 5 nitrogen and oxygen atoms in total. The van der Waals surface area contributed by atoms with Crippen LogP contribution in [0.15, 0.2) is 23.0 Å². The molecule has 0 unspecified atom stereocenters. The van der Waals surface area contributed by atoms with Crippen molar-refractivity contribution in [2.45, 2.75) is 26.2 Å². The van der Waals surface area contributed by atoms with Crippen molar-refractivity contribution in [3.63, 3.8) is 0 Å². The molecule has 0 aromatic carbocycles. The van der Waals surface area contributed by atoms with E-state index in [9.17, 15) is 9.59 Å². The molecular formula is C14H20N2O3. The lowest BCUT2D eigenvalue weighted by Crippen LogP contribution is -2.50. The van der Waals surface area contributed by atoms with Crippen molar-refractivity contribution in [2.75, 3.05) is 26.2 Å². The van der Waals surface area contributed by atoms with Gasteiger partial charge in [-0.25, -0.2) is 0 Å². The standard InChI is InChI=1S/C14H20N2O3/c1-2-3-4-13(17)15-6-8-16(9-7-15)14(18)12-5-10-19-11-12/h5,10-11H,2-4,6-9H2,1H3. The van der Waals surface area contributed by atoms with Crippen molar-refractivity contribution < 1.29 is 14.0 Å². The average molecular weight is 264 g/mol. The molecule has 0 atom stereocenters. The monoisotopic (exact) mass is 264 g/mol. The van der Waals surface area contributed by atoms with Crippen molar-refractivity contribution in [1.29, 1.82) is 0 Å². The van der Waals surface area contributed by atoms with Crippen LogP contribution in [-0.4, -0.2) is 47.8 Å². The molecule has 1 aromatic rings. The summed E-state index contributed by atoms with van der Waals surface area (Å²) in [5.74, 6) is 0.187. The number of unbranched alkanes of at least 4 members (excludes halogenated alkanes) is 1. The number of carbonyl (C=O) groups excluding carboxylic acids is 2. The van der Waals surface area contributed by atoms with Gasteiger partial charge in [0.05, 0.1) is 11.8 Å². The SMILES string of the molecule is CCCCC(=O)N1CCN(C(=O)c2ccoc2)CC1. The second kappa shape index (κ2) is 6.41. The van der Waals surface area contributed by atoms with Gasteiger partial charge in [0.25, 0.3) is 5.91 Å². The van der Waals surface area contributed by atoms with Gasteiger partial charge in [-0.15, -0.1) is 0 Å². The lowest BCUT2D eigenvalue weighted by atomic mass is 10.2. The molecule has 0 saturated carbocycles. The Morgan fingerprint density at radius 3 is 2.47 bits per heavy atom. The fraction of sp³-hybridized carbons (Fsp3) is 0.571. The van der Waals surface area contributed by atoms with Gasteiger partial charge in [-0.05, 0) is 12.5 Å². The molecule has 1 fully saturated rings. The second-order valence-corrected chi connectivity index (χ2v) is 4.79. The van der Waals surface area contributed by atoms with E-state index in [2.05, 4.69) is 6.92 Å². The molecule has 0 bridgehead atoms. The minimum Gasteiger partial charge on any atom is -0.472 e. The number of hydrogen-bond donors (Lipinski definition) is 0. The summed E-state index contributed by atoms with van der Waals surface area (Å²) in [4.78, 5) is 27.6. The van der Waals surface area contributed by atoms with Crippen LogP contribution in [0.4, 0.5) is 0 Å². The minimum absolute atomic E-state index is 0.0191. The number of piperazine rings is 1. The van der Waals surface area contributed by atoms with E-state index in [1.54, 1.807) is 11.0 Å². The Kier molecular flexibility index (Phi) is 4.60. The molecule has 1 aromatic heterocycles. The van der Waals surface area contributed by atoms with Gasteiger partial charge < -0.3 is 14.2 Å². The van der Waals surface area contributed by atoms with E-state index in [4.69, 9.17) is 4.42 Å². The first kappa shape index (κ1) is 13.6. The van der Waals surface area contributed by atoms with Crippen molar-refractivity contribution in [1.82, 2.24) is 9.80 Å². The van der Waals surface area contributed by atoms with E-state index < -0.39 is 0 Å². The van der Waals surface area contributed by atoms with E-state index in [1.807, 2.05) is 4.90 Å². The van der Waals surface area contributed by atoms with Gasteiger partial charge >= 0.3 is 0 Å². The molecule has 2 amide bonds.